The molecule has 2 aromatic rings. The quantitative estimate of drug-likeness (QED) is 0.619. The number of anilines is 1. The number of hydrogen-bond donors (Lipinski definition) is 1. The highest BCUT2D eigenvalue weighted by molar-refractivity contribution is 9.10. The van der Waals surface area contributed by atoms with Crippen LogP contribution < -0.4 is 5.73 Å². The minimum atomic E-state index is 0.599. The van der Waals surface area contributed by atoms with E-state index < -0.39 is 0 Å². The molecule has 1 aromatic heterocycles. The zero-order valence-corrected chi connectivity index (χ0v) is 13.0. The molecule has 0 aliphatic heterocycles. The molecule has 0 bridgehead atoms. The van der Waals surface area contributed by atoms with E-state index in [9.17, 15) is 0 Å². The summed E-state index contributed by atoms with van der Waals surface area (Å²) >= 11 is 3.42. The number of nitrogens with two attached hydrogens (primary N) is 1. The van der Waals surface area contributed by atoms with Crippen molar-refractivity contribution in [2.45, 2.75) is 26.3 Å². The number of rotatable bonds is 7. The summed E-state index contributed by atoms with van der Waals surface area (Å²) < 4.78 is 8.17. The maximum Gasteiger partial charge on any atom is 0.182 e. The number of halogens is 1. The summed E-state index contributed by atoms with van der Waals surface area (Å²) in [4.78, 5) is 0. The van der Waals surface area contributed by atoms with E-state index in [0.29, 0.717) is 24.7 Å². The second kappa shape index (κ2) is 7.35. The van der Waals surface area contributed by atoms with Gasteiger partial charge in [-0.1, -0.05) is 29.3 Å². The van der Waals surface area contributed by atoms with Crippen LogP contribution in [-0.4, -0.2) is 33.4 Å². The molecule has 2 N–H and O–H groups in total. The van der Waals surface area contributed by atoms with Crippen molar-refractivity contribution in [1.82, 2.24) is 20.2 Å². The summed E-state index contributed by atoms with van der Waals surface area (Å²) in [5.41, 5.74) is 7.39. The third kappa shape index (κ3) is 4.01. The topological polar surface area (TPSA) is 78.8 Å². The summed E-state index contributed by atoms with van der Waals surface area (Å²) in [5.74, 6) is 0.692. The van der Waals surface area contributed by atoms with Gasteiger partial charge >= 0.3 is 0 Å². The zero-order chi connectivity index (χ0) is 14.4. The number of ether oxygens (including phenoxy) is 1. The highest BCUT2D eigenvalue weighted by atomic mass is 79.9. The smallest absolute Gasteiger partial charge is 0.182 e. The molecular formula is C13H18BrN5O. The second-order valence-corrected chi connectivity index (χ2v) is 5.38. The van der Waals surface area contributed by atoms with Crippen molar-refractivity contribution in [1.29, 1.82) is 0 Å². The van der Waals surface area contributed by atoms with E-state index >= 15 is 0 Å². The molecule has 0 amide bonds. The maximum absolute atomic E-state index is 5.84. The molecule has 6 nitrogen and oxygen atoms in total. The van der Waals surface area contributed by atoms with Gasteiger partial charge in [0.2, 0.25) is 0 Å². The summed E-state index contributed by atoms with van der Waals surface area (Å²) in [6.07, 6.45) is 2.21. The monoisotopic (exact) mass is 339 g/mol. The molecule has 0 unspecified atom stereocenters. The molecule has 20 heavy (non-hydrogen) atoms. The lowest BCUT2D eigenvalue weighted by Gasteiger charge is -2.07. The fourth-order valence-corrected chi connectivity index (χ4v) is 2.31. The molecule has 0 spiro atoms. The number of aromatic nitrogens is 4. The minimum Gasteiger partial charge on any atom is -0.399 e. The average Bonchev–Trinajstić information content (AvgIpc) is 2.86. The third-order valence-electron chi connectivity index (χ3n) is 2.80. The average molecular weight is 340 g/mol. The molecule has 2 rings (SSSR count). The van der Waals surface area contributed by atoms with Crippen LogP contribution in [0.5, 0.6) is 0 Å². The van der Waals surface area contributed by atoms with Crippen LogP contribution in [0.3, 0.4) is 0 Å². The van der Waals surface area contributed by atoms with Crippen molar-refractivity contribution < 1.29 is 4.74 Å². The van der Waals surface area contributed by atoms with Crippen molar-refractivity contribution in [3.05, 3.63) is 22.7 Å². The van der Waals surface area contributed by atoms with Crippen molar-refractivity contribution in [3.8, 4) is 11.4 Å². The summed E-state index contributed by atoms with van der Waals surface area (Å²) in [6, 6.07) is 5.63. The van der Waals surface area contributed by atoms with Crippen LogP contribution in [0.2, 0.25) is 0 Å². The van der Waals surface area contributed by atoms with E-state index in [0.717, 1.165) is 29.5 Å². The lowest BCUT2D eigenvalue weighted by molar-refractivity contribution is 0.121. The molecule has 0 saturated carbocycles. The summed E-state index contributed by atoms with van der Waals surface area (Å²) in [6.45, 7) is 4.14. The van der Waals surface area contributed by atoms with E-state index in [-0.39, 0.29) is 0 Å². The number of tetrazole rings is 1. The predicted molar refractivity (Wildman–Crippen MR) is 81.1 cm³/mol. The lowest BCUT2D eigenvalue weighted by Crippen LogP contribution is -2.10. The highest BCUT2D eigenvalue weighted by Crippen LogP contribution is 2.24. The van der Waals surface area contributed by atoms with E-state index in [2.05, 4.69) is 38.4 Å². The van der Waals surface area contributed by atoms with Gasteiger partial charge < -0.3 is 10.5 Å². The molecule has 0 saturated heterocycles. The van der Waals surface area contributed by atoms with E-state index in [1.54, 1.807) is 4.68 Å². The number of nitrogens with zero attached hydrogens (tertiary/aromatic N) is 4. The van der Waals surface area contributed by atoms with Gasteiger partial charge in [0.1, 0.15) is 0 Å². The van der Waals surface area contributed by atoms with Crippen LogP contribution in [0.25, 0.3) is 11.4 Å². The first kappa shape index (κ1) is 14.9. The first-order chi connectivity index (χ1) is 9.70. The van der Waals surface area contributed by atoms with Crippen LogP contribution in [0.4, 0.5) is 5.69 Å². The van der Waals surface area contributed by atoms with Crippen LogP contribution in [0.1, 0.15) is 19.8 Å². The Hall–Kier alpha value is -1.47. The molecule has 0 aliphatic carbocycles. The first-order valence-corrected chi connectivity index (χ1v) is 7.40. The first-order valence-electron chi connectivity index (χ1n) is 6.61. The summed E-state index contributed by atoms with van der Waals surface area (Å²) in [7, 11) is 0. The molecule has 0 atom stereocenters. The fraction of sp³-hybridized carbons (Fsp3) is 0.462. The van der Waals surface area contributed by atoms with Crippen molar-refractivity contribution >= 4 is 21.6 Å². The standard InChI is InChI=1S/C13H18BrN5O/c1-2-3-5-20-6-4-19-13(16-17-18-19)10-7-11(14)9-12(15)8-10/h7-9H,2-6,15H2,1H3. The van der Waals surface area contributed by atoms with Gasteiger partial charge in [-0.25, -0.2) is 4.68 Å². The second-order valence-electron chi connectivity index (χ2n) is 4.46. The van der Waals surface area contributed by atoms with Gasteiger partial charge in [0, 0.05) is 22.3 Å². The van der Waals surface area contributed by atoms with E-state index in [1.807, 2.05) is 18.2 Å². The van der Waals surface area contributed by atoms with Crippen LogP contribution in [0, 0.1) is 0 Å². The highest BCUT2D eigenvalue weighted by Gasteiger charge is 2.10. The maximum atomic E-state index is 5.84. The predicted octanol–water partition coefficient (Wildman–Crippen LogP) is 2.50. The van der Waals surface area contributed by atoms with Crippen molar-refractivity contribution in [2.75, 3.05) is 18.9 Å². The minimum absolute atomic E-state index is 0.599. The van der Waals surface area contributed by atoms with Gasteiger partial charge in [-0.05, 0) is 35.0 Å². The number of benzene rings is 1. The Labute approximate surface area is 126 Å². The molecule has 1 aromatic carbocycles. The van der Waals surface area contributed by atoms with Crippen molar-refractivity contribution in [3.63, 3.8) is 0 Å². The number of hydrogen-bond acceptors (Lipinski definition) is 5. The van der Waals surface area contributed by atoms with Gasteiger partial charge in [-0.15, -0.1) is 5.10 Å². The zero-order valence-electron chi connectivity index (χ0n) is 11.4. The van der Waals surface area contributed by atoms with Crippen LogP contribution in [0.15, 0.2) is 22.7 Å². The SMILES string of the molecule is CCCCOCCn1nnnc1-c1cc(N)cc(Br)c1. The molecule has 0 aliphatic rings. The molecular weight excluding hydrogens is 322 g/mol. The van der Waals surface area contributed by atoms with E-state index in [4.69, 9.17) is 10.5 Å². The Balaban J connectivity index is 2.04. The Bertz CT molecular complexity index is 537. The third-order valence-corrected chi connectivity index (χ3v) is 3.26. The van der Waals surface area contributed by atoms with Gasteiger partial charge in [0.15, 0.2) is 5.82 Å². The van der Waals surface area contributed by atoms with Gasteiger partial charge in [-0.2, -0.15) is 0 Å². The Kier molecular flexibility index (Phi) is 5.49. The number of unbranched alkanes of at least 4 members (excludes halogenated alkanes) is 1. The van der Waals surface area contributed by atoms with Crippen LogP contribution in [-0.2, 0) is 11.3 Å². The lowest BCUT2D eigenvalue weighted by atomic mass is 10.2. The van der Waals surface area contributed by atoms with Gasteiger partial charge in [-0.3, -0.25) is 0 Å². The number of nitrogen functional groups attached to an aromatic ring is 1. The van der Waals surface area contributed by atoms with Gasteiger partial charge in [0.25, 0.3) is 0 Å². The Morgan fingerprint density at radius 2 is 2.15 bits per heavy atom. The van der Waals surface area contributed by atoms with Gasteiger partial charge in [0.05, 0.1) is 13.2 Å². The summed E-state index contributed by atoms with van der Waals surface area (Å²) in [5, 5.41) is 11.8. The van der Waals surface area contributed by atoms with Crippen molar-refractivity contribution in [2.24, 2.45) is 0 Å². The molecule has 7 heteroatoms. The largest absolute Gasteiger partial charge is 0.399 e. The Morgan fingerprint density at radius 3 is 2.90 bits per heavy atom. The molecule has 0 fully saturated rings. The molecule has 0 radical (unpaired) electrons. The van der Waals surface area contributed by atoms with E-state index in [1.165, 1.54) is 0 Å². The molecule has 1 heterocycles. The normalized spacial score (nSPS) is 10.9. The Morgan fingerprint density at radius 1 is 1.30 bits per heavy atom. The fourth-order valence-electron chi connectivity index (χ4n) is 1.80. The van der Waals surface area contributed by atoms with Crippen LogP contribution >= 0.6 is 15.9 Å². The molecule has 108 valence electrons.